The molecule has 1 aliphatic carbocycles. The number of methoxy groups -OCH3 is 1. The molecule has 1 fully saturated rings. The fraction of sp³-hybridized carbons (Fsp3) is 0.316. The van der Waals surface area contributed by atoms with E-state index in [2.05, 4.69) is 5.32 Å². The van der Waals surface area contributed by atoms with Crippen LogP contribution in [0.5, 0.6) is 5.75 Å². The molecule has 1 aliphatic rings. The summed E-state index contributed by atoms with van der Waals surface area (Å²) in [6, 6.07) is 12.9. The normalized spacial score (nSPS) is 14.4. The summed E-state index contributed by atoms with van der Waals surface area (Å²) >= 11 is 0. The summed E-state index contributed by atoms with van der Waals surface area (Å²) in [7, 11) is 1.57. The van der Waals surface area contributed by atoms with Crippen molar-refractivity contribution in [3.8, 4) is 5.75 Å². The van der Waals surface area contributed by atoms with Crippen LogP contribution in [-0.2, 0) is 0 Å². The van der Waals surface area contributed by atoms with Crippen LogP contribution in [0.1, 0.15) is 19.8 Å². The number of benzene rings is 2. The molecule has 7 heteroatoms. The molecule has 0 saturated heterocycles. The molecule has 1 N–H and O–H groups in total. The molecule has 0 aromatic heterocycles. The topological polar surface area (TPSA) is 84.7 Å². The quantitative estimate of drug-likeness (QED) is 0.613. The molecule has 1 atom stereocenters. The molecule has 136 valence electrons. The molecule has 0 radical (unpaired) electrons. The van der Waals surface area contributed by atoms with Crippen LogP contribution in [0.15, 0.2) is 48.5 Å². The molecule has 0 aliphatic heterocycles. The van der Waals surface area contributed by atoms with Gasteiger partial charge in [0, 0.05) is 23.9 Å². The molecule has 3 rings (SSSR count). The highest BCUT2D eigenvalue weighted by Crippen LogP contribution is 2.39. The Labute approximate surface area is 151 Å². The number of anilines is 2. The summed E-state index contributed by atoms with van der Waals surface area (Å²) < 4.78 is 5.42. The van der Waals surface area contributed by atoms with Crippen molar-refractivity contribution in [3.63, 3.8) is 0 Å². The second-order valence-corrected chi connectivity index (χ2v) is 6.36. The number of rotatable bonds is 6. The lowest BCUT2D eigenvalue weighted by molar-refractivity contribution is -0.384. The van der Waals surface area contributed by atoms with E-state index in [9.17, 15) is 14.9 Å². The molecule has 0 spiro atoms. The van der Waals surface area contributed by atoms with E-state index in [0.29, 0.717) is 23.0 Å². The zero-order valence-corrected chi connectivity index (χ0v) is 14.7. The first kappa shape index (κ1) is 17.7. The number of nitro groups is 1. The predicted molar refractivity (Wildman–Crippen MR) is 99.8 cm³/mol. The molecule has 0 unspecified atom stereocenters. The van der Waals surface area contributed by atoms with Crippen LogP contribution in [0.2, 0.25) is 0 Å². The fourth-order valence-electron chi connectivity index (χ4n) is 3.01. The van der Waals surface area contributed by atoms with E-state index in [-0.39, 0.29) is 17.8 Å². The van der Waals surface area contributed by atoms with E-state index in [0.717, 1.165) is 12.8 Å². The van der Waals surface area contributed by atoms with Gasteiger partial charge in [-0.3, -0.25) is 15.0 Å². The number of hydrogen-bond donors (Lipinski definition) is 1. The Morgan fingerprint density at radius 3 is 2.65 bits per heavy atom. The number of carbonyl (C=O) groups excluding carboxylic acids is 1. The van der Waals surface area contributed by atoms with E-state index < -0.39 is 4.92 Å². The zero-order chi connectivity index (χ0) is 18.7. The lowest BCUT2D eigenvalue weighted by atomic mass is 10.1. The van der Waals surface area contributed by atoms with Crippen LogP contribution in [0.25, 0.3) is 0 Å². The summed E-state index contributed by atoms with van der Waals surface area (Å²) in [4.78, 5) is 25.2. The van der Waals surface area contributed by atoms with Gasteiger partial charge in [0.2, 0.25) is 0 Å². The Bertz CT molecular complexity index is 820. The number of nitrogens with zero attached hydrogens (tertiary/aromatic N) is 2. The van der Waals surface area contributed by atoms with Crippen LogP contribution >= 0.6 is 0 Å². The highest BCUT2D eigenvalue weighted by atomic mass is 16.6. The van der Waals surface area contributed by atoms with E-state index in [1.165, 1.54) is 12.1 Å². The van der Waals surface area contributed by atoms with Crippen molar-refractivity contribution in [1.82, 2.24) is 0 Å². The molecule has 0 bridgehead atoms. The highest BCUT2D eigenvalue weighted by Gasteiger charge is 2.36. The van der Waals surface area contributed by atoms with Gasteiger partial charge in [0.25, 0.3) is 5.69 Å². The molecular weight excluding hydrogens is 334 g/mol. The number of hydrogen-bond acceptors (Lipinski definition) is 4. The summed E-state index contributed by atoms with van der Waals surface area (Å²) in [6.07, 6.45) is 2.16. The molecule has 0 heterocycles. The average Bonchev–Trinajstić information content (AvgIpc) is 3.47. The average molecular weight is 355 g/mol. The Kier molecular flexibility index (Phi) is 5.06. The number of carbonyl (C=O) groups is 1. The van der Waals surface area contributed by atoms with Crippen molar-refractivity contribution >= 4 is 23.1 Å². The van der Waals surface area contributed by atoms with Crippen LogP contribution in [0.4, 0.5) is 21.9 Å². The Morgan fingerprint density at radius 1 is 1.27 bits per heavy atom. The van der Waals surface area contributed by atoms with E-state index >= 15 is 0 Å². The number of para-hydroxylation sites is 2. The monoisotopic (exact) mass is 355 g/mol. The fourth-order valence-corrected chi connectivity index (χ4v) is 3.01. The summed E-state index contributed by atoms with van der Waals surface area (Å²) in [6.45, 7) is 2.01. The van der Waals surface area contributed by atoms with Crippen molar-refractivity contribution in [1.29, 1.82) is 0 Å². The maximum Gasteiger partial charge on any atom is 0.326 e. The van der Waals surface area contributed by atoms with Crippen LogP contribution < -0.4 is 15.0 Å². The maximum absolute atomic E-state index is 13.0. The zero-order valence-electron chi connectivity index (χ0n) is 14.7. The van der Waals surface area contributed by atoms with E-state index in [4.69, 9.17) is 4.74 Å². The van der Waals surface area contributed by atoms with Crippen molar-refractivity contribution in [2.45, 2.75) is 25.8 Å². The Morgan fingerprint density at radius 2 is 2.00 bits per heavy atom. The van der Waals surface area contributed by atoms with Crippen molar-refractivity contribution in [2.24, 2.45) is 5.92 Å². The smallest absolute Gasteiger partial charge is 0.326 e. The Balaban J connectivity index is 1.90. The first-order chi connectivity index (χ1) is 12.5. The first-order valence-corrected chi connectivity index (χ1v) is 8.49. The van der Waals surface area contributed by atoms with Gasteiger partial charge in [-0.05, 0) is 43.9 Å². The SMILES string of the molecule is COc1ccccc1N(C(=O)Nc1cccc([N+](=O)[O-])c1)[C@H](C)C1CC1. The van der Waals surface area contributed by atoms with Crippen molar-refractivity contribution in [3.05, 3.63) is 58.6 Å². The largest absolute Gasteiger partial charge is 0.495 e. The third-order valence-corrected chi connectivity index (χ3v) is 4.58. The number of nitrogens with one attached hydrogen (secondary N) is 1. The van der Waals surface area contributed by atoms with Gasteiger partial charge in [-0.25, -0.2) is 4.79 Å². The first-order valence-electron chi connectivity index (χ1n) is 8.49. The van der Waals surface area contributed by atoms with Crippen LogP contribution in [-0.4, -0.2) is 24.1 Å². The van der Waals surface area contributed by atoms with Crippen LogP contribution in [0, 0.1) is 16.0 Å². The second-order valence-electron chi connectivity index (χ2n) is 6.36. The minimum Gasteiger partial charge on any atom is -0.495 e. The number of ether oxygens (including phenoxy) is 1. The lowest BCUT2D eigenvalue weighted by Gasteiger charge is -2.30. The van der Waals surface area contributed by atoms with Gasteiger partial charge in [0.1, 0.15) is 5.75 Å². The number of amides is 2. The van der Waals surface area contributed by atoms with E-state index in [1.54, 1.807) is 24.1 Å². The van der Waals surface area contributed by atoms with Gasteiger partial charge in [0.05, 0.1) is 17.7 Å². The van der Waals surface area contributed by atoms with Gasteiger partial charge < -0.3 is 10.1 Å². The molecule has 1 saturated carbocycles. The number of urea groups is 1. The summed E-state index contributed by atoms with van der Waals surface area (Å²) in [5.41, 5.74) is 0.992. The van der Waals surface area contributed by atoms with Gasteiger partial charge >= 0.3 is 6.03 Å². The summed E-state index contributed by atoms with van der Waals surface area (Å²) in [5.74, 6) is 1.05. The molecule has 2 aromatic rings. The minimum atomic E-state index is -0.486. The third kappa shape index (κ3) is 3.77. The number of nitro benzene ring substituents is 1. The van der Waals surface area contributed by atoms with Gasteiger partial charge in [-0.15, -0.1) is 0 Å². The van der Waals surface area contributed by atoms with Crippen molar-refractivity contribution < 1.29 is 14.5 Å². The highest BCUT2D eigenvalue weighted by molar-refractivity contribution is 6.03. The third-order valence-electron chi connectivity index (χ3n) is 4.58. The molecule has 26 heavy (non-hydrogen) atoms. The standard InChI is InChI=1S/C19H21N3O4/c1-13(14-10-11-14)21(17-8-3-4-9-18(17)26-2)19(23)20-15-6-5-7-16(12-15)22(24)25/h3-9,12-14H,10-11H2,1-2H3,(H,20,23)/t13-/m1/s1. The molecular formula is C19H21N3O4. The maximum atomic E-state index is 13.0. The summed E-state index contributed by atoms with van der Waals surface area (Å²) in [5, 5.41) is 13.7. The number of non-ortho nitro benzene ring substituents is 1. The van der Waals surface area contributed by atoms with E-state index in [1.807, 2.05) is 31.2 Å². The molecule has 2 amide bonds. The minimum absolute atomic E-state index is 0.00926. The van der Waals surface area contributed by atoms with Gasteiger partial charge in [-0.1, -0.05) is 18.2 Å². The predicted octanol–water partition coefficient (Wildman–Crippen LogP) is 4.44. The molecule has 7 nitrogen and oxygen atoms in total. The second kappa shape index (κ2) is 7.43. The lowest BCUT2D eigenvalue weighted by Crippen LogP contribution is -2.43. The Hall–Kier alpha value is -3.09. The van der Waals surface area contributed by atoms with Gasteiger partial charge in [0.15, 0.2) is 0 Å². The van der Waals surface area contributed by atoms with Crippen molar-refractivity contribution in [2.75, 3.05) is 17.3 Å². The van der Waals surface area contributed by atoms with Gasteiger partial charge in [-0.2, -0.15) is 0 Å². The van der Waals surface area contributed by atoms with Crippen LogP contribution in [0.3, 0.4) is 0 Å². The molecule has 2 aromatic carbocycles.